The molecule has 1 fully saturated rings. The van der Waals surface area contributed by atoms with Gasteiger partial charge in [-0.1, -0.05) is 34.1 Å². The Kier molecular flexibility index (Phi) is 8.33. The summed E-state index contributed by atoms with van der Waals surface area (Å²) in [5, 5.41) is 18.5. The van der Waals surface area contributed by atoms with E-state index < -0.39 is 0 Å². The van der Waals surface area contributed by atoms with Gasteiger partial charge in [0.15, 0.2) is 0 Å². The van der Waals surface area contributed by atoms with Crippen LogP contribution in [-0.2, 0) is 9.47 Å². The molecule has 0 aromatic rings. The summed E-state index contributed by atoms with van der Waals surface area (Å²) in [6.07, 6.45) is 4.88. The fourth-order valence-electron chi connectivity index (χ4n) is 2.80. The van der Waals surface area contributed by atoms with E-state index in [1.165, 1.54) is 25.7 Å². The molecule has 0 aromatic heterocycles. The molecule has 0 aromatic carbocycles. The van der Waals surface area contributed by atoms with Gasteiger partial charge in [0.1, 0.15) is 0 Å². The third kappa shape index (κ3) is 7.91. The molecule has 2 N–H and O–H groups in total. The van der Waals surface area contributed by atoms with E-state index in [9.17, 15) is 10.2 Å². The molecule has 1 rings (SSSR count). The molecule has 132 valence electrons. The van der Waals surface area contributed by atoms with Crippen molar-refractivity contribution in [2.24, 2.45) is 22.7 Å². The zero-order chi connectivity index (χ0) is 16.6. The van der Waals surface area contributed by atoms with Crippen LogP contribution in [0.3, 0.4) is 0 Å². The van der Waals surface area contributed by atoms with Gasteiger partial charge in [0.25, 0.3) is 0 Å². The lowest BCUT2D eigenvalue weighted by Gasteiger charge is -2.31. The quantitative estimate of drug-likeness (QED) is 0.651. The van der Waals surface area contributed by atoms with Gasteiger partial charge in [-0.15, -0.1) is 0 Å². The molecule has 0 radical (unpaired) electrons. The third-order valence-corrected chi connectivity index (χ3v) is 4.44. The monoisotopic (exact) mass is 316 g/mol. The second-order valence-electron chi connectivity index (χ2n) is 8.57. The van der Waals surface area contributed by atoms with Crippen molar-refractivity contribution < 1.29 is 19.7 Å². The van der Waals surface area contributed by atoms with Crippen molar-refractivity contribution in [3.63, 3.8) is 0 Å². The third-order valence-electron chi connectivity index (χ3n) is 4.44. The Morgan fingerprint density at radius 3 is 1.59 bits per heavy atom. The van der Waals surface area contributed by atoms with E-state index in [1.54, 1.807) is 0 Å². The van der Waals surface area contributed by atoms with Gasteiger partial charge in [0.2, 0.25) is 0 Å². The van der Waals surface area contributed by atoms with Crippen molar-refractivity contribution in [1.82, 2.24) is 0 Å². The summed E-state index contributed by atoms with van der Waals surface area (Å²) in [6, 6.07) is 0. The van der Waals surface area contributed by atoms with Crippen LogP contribution in [0.15, 0.2) is 0 Å². The normalized spacial score (nSPS) is 23.7. The highest BCUT2D eigenvalue weighted by Crippen LogP contribution is 2.30. The van der Waals surface area contributed by atoms with Crippen LogP contribution in [0.1, 0.15) is 53.4 Å². The van der Waals surface area contributed by atoms with E-state index in [0.717, 1.165) is 13.2 Å². The summed E-state index contributed by atoms with van der Waals surface area (Å²) in [5.74, 6) is 1.23. The molecule has 0 amide bonds. The van der Waals surface area contributed by atoms with E-state index >= 15 is 0 Å². The number of hydrogen-bond acceptors (Lipinski definition) is 4. The molecule has 4 heteroatoms. The van der Waals surface area contributed by atoms with Crippen molar-refractivity contribution in [3.05, 3.63) is 0 Å². The lowest BCUT2D eigenvalue weighted by molar-refractivity contribution is -0.0155. The van der Waals surface area contributed by atoms with Gasteiger partial charge in [-0.25, -0.2) is 0 Å². The fourth-order valence-corrected chi connectivity index (χ4v) is 2.80. The average molecular weight is 316 g/mol. The second kappa shape index (κ2) is 9.21. The van der Waals surface area contributed by atoms with E-state index in [0.29, 0.717) is 25.0 Å². The Balaban J connectivity index is 2.21. The molecule has 0 heterocycles. The predicted octanol–water partition coefficient (Wildman–Crippen LogP) is 2.86. The van der Waals surface area contributed by atoms with Gasteiger partial charge >= 0.3 is 0 Å². The number of hydrogen-bond donors (Lipinski definition) is 2. The van der Waals surface area contributed by atoms with Gasteiger partial charge in [0.05, 0.1) is 26.4 Å². The maximum Gasteiger partial charge on any atom is 0.0539 e. The van der Waals surface area contributed by atoms with Crippen LogP contribution in [0.4, 0.5) is 0 Å². The zero-order valence-corrected chi connectivity index (χ0v) is 14.9. The van der Waals surface area contributed by atoms with Crippen LogP contribution in [0.5, 0.6) is 0 Å². The Morgan fingerprint density at radius 2 is 1.23 bits per heavy atom. The van der Waals surface area contributed by atoms with E-state index in [4.69, 9.17) is 9.47 Å². The Morgan fingerprint density at radius 1 is 0.818 bits per heavy atom. The van der Waals surface area contributed by atoms with Gasteiger partial charge < -0.3 is 19.7 Å². The maximum absolute atomic E-state index is 9.24. The molecule has 4 nitrogen and oxygen atoms in total. The Bertz CT molecular complexity index is 273. The van der Waals surface area contributed by atoms with E-state index in [-0.39, 0.29) is 24.0 Å². The fraction of sp³-hybridized carbons (Fsp3) is 1.00. The van der Waals surface area contributed by atoms with Gasteiger partial charge in [0, 0.05) is 24.0 Å². The van der Waals surface area contributed by atoms with Crippen LogP contribution >= 0.6 is 0 Å². The molecule has 1 aliphatic carbocycles. The van der Waals surface area contributed by atoms with E-state index in [1.807, 2.05) is 27.7 Å². The van der Waals surface area contributed by atoms with Crippen LogP contribution in [0, 0.1) is 22.7 Å². The highest BCUT2D eigenvalue weighted by molar-refractivity contribution is 4.74. The summed E-state index contributed by atoms with van der Waals surface area (Å²) in [4.78, 5) is 0. The zero-order valence-electron chi connectivity index (χ0n) is 14.9. The minimum Gasteiger partial charge on any atom is -0.396 e. The van der Waals surface area contributed by atoms with Gasteiger partial charge in [-0.05, 0) is 31.1 Å². The Hall–Kier alpha value is -0.160. The summed E-state index contributed by atoms with van der Waals surface area (Å²) < 4.78 is 11.6. The molecule has 2 unspecified atom stereocenters. The lowest BCUT2D eigenvalue weighted by atomic mass is 9.82. The minimum absolute atomic E-state index is 0.146. The molecule has 0 saturated heterocycles. The predicted molar refractivity (Wildman–Crippen MR) is 88.8 cm³/mol. The number of aliphatic hydroxyl groups is 2. The highest BCUT2D eigenvalue weighted by atomic mass is 16.5. The Labute approximate surface area is 136 Å². The first-order chi connectivity index (χ1) is 10.3. The average Bonchev–Trinajstić information content (AvgIpc) is 2.47. The van der Waals surface area contributed by atoms with Crippen molar-refractivity contribution >= 4 is 0 Å². The SMILES string of the molecule is CC(C)(CO)COCC1CCCC(COCC(C)(C)CO)C1. The first kappa shape index (κ1) is 19.9. The van der Waals surface area contributed by atoms with Crippen LogP contribution in [0.25, 0.3) is 0 Å². The number of rotatable bonds is 10. The first-order valence-corrected chi connectivity index (χ1v) is 8.65. The molecular weight excluding hydrogens is 280 g/mol. The van der Waals surface area contributed by atoms with Crippen LogP contribution < -0.4 is 0 Å². The lowest BCUT2D eigenvalue weighted by Crippen LogP contribution is -2.29. The van der Waals surface area contributed by atoms with Gasteiger partial charge in [-0.2, -0.15) is 0 Å². The molecule has 1 saturated carbocycles. The van der Waals surface area contributed by atoms with Gasteiger partial charge in [-0.3, -0.25) is 0 Å². The van der Waals surface area contributed by atoms with E-state index in [2.05, 4.69) is 0 Å². The van der Waals surface area contributed by atoms with Crippen molar-refractivity contribution in [1.29, 1.82) is 0 Å². The molecule has 22 heavy (non-hydrogen) atoms. The number of ether oxygens (including phenoxy) is 2. The van der Waals surface area contributed by atoms with Crippen LogP contribution in [0.2, 0.25) is 0 Å². The number of aliphatic hydroxyl groups excluding tert-OH is 2. The molecule has 0 aliphatic heterocycles. The molecule has 0 spiro atoms. The molecule has 1 aliphatic rings. The van der Waals surface area contributed by atoms with Crippen molar-refractivity contribution in [2.45, 2.75) is 53.4 Å². The van der Waals surface area contributed by atoms with Crippen LogP contribution in [-0.4, -0.2) is 49.9 Å². The smallest absolute Gasteiger partial charge is 0.0539 e. The summed E-state index contributed by atoms with van der Waals surface area (Å²) in [6.45, 7) is 11.2. The largest absolute Gasteiger partial charge is 0.396 e. The minimum atomic E-state index is -0.146. The van der Waals surface area contributed by atoms with Crippen molar-refractivity contribution in [3.8, 4) is 0 Å². The molecule has 2 atom stereocenters. The second-order valence-corrected chi connectivity index (χ2v) is 8.57. The molecule has 0 bridgehead atoms. The summed E-state index contributed by atoms with van der Waals surface area (Å²) >= 11 is 0. The highest BCUT2D eigenvalue weighted by Gasteiger charge is 2.25. The topological polar surface area (TPSA) is 58.9 Å². The summed E-state index contributed by atoms with van der Waals surface area (Å²) in [5.41, 5.74) is -0.292. The maximum atomic E-state index is 9.24. The standard InChI is InChI=1S/C18H36O4/c1-17(2,11-19)13-21-9-15-6-5-7-16(8-15)10-22-14-18(3,4)12-20/h15-16,19-20H,5-14H2,1-4H3. The molecular formula is C18H36O4. The first-order valence-electron chi connectivity index (χ1n) is 8.65. The summed E-state index contributed by atoms with van der Waals surface area (Å²) in [7, 11) is 0. The van der Waals surface area contributed by atoms with Crippen molar-refractivity contribution in [2.75, 3.05) is 39.6 Å².